The SMILES string of the molecule is CCOc1ccccc1N(CC(=O)N(Cc1c(Cl)cccc1Cl)[C@@H](Cc1ccccc1)C(=O)NC)S(=O)(=O)c1ccccc1. The minimum atomic E-state index is -4.27. The molecule has 1 N–H and O–H groups in total. The minimum Gasteiger partial charge on any atom is -0.492 e. The molecule has 0 heterocycles. The Kier molecular flexibility index (Phi) is 11.3. The quantitative estimate of drug-likeness (QED) is 0.192. The molecule has 4 aromatic carbocycles. The van der Waals surface area contributed by atoms with Crippen molar-refractivity contribution in [2.24, 2.45) is 0 Å². The maximum absolute atomic E-state index is 14.5. The van der Waals surface area contributed by atoms with E-state index in [9.17, 15) is 18.0 Å². The van der Waals surface area contributed by atoms with Gasteiger partial charge in [0.1, 0.15) is 18.3 Å². The summed E-state index contributed by atoms with van der Waals surface area (Å²) in [7, 11) is -2.79. The predicted octanol–water partition coefficient (Wildman–Crippen LogP) is 5.97. The van der Waals surface area contributed by atoms with Crippen LogP contribution in [-0.4, -0.2) is 51.4 Å². The summed E-state index contributed by atoms with van der Waals surface area (Å²) in [5, 5.41) is 3.27. The Hall–Kier alpha value is -4.05. The molecule has 4 rings (SSSR count). The second-order valence-corrected chi connectivity index (χ2v) is 12.4. The van der Waals surface area contributed by atoms with Crippen LogP contribution in [0.1, 0.15) is 18.1 Å². The minimum absolute atomic E-state index is 0.00747. The summed E-state index contributed by atoms with van der Waals surface area (Å²) in [6.45, 7) is 1.28. The average Bonchev–Trinajstić information content (AvgIpc) is 3.03. The zero-order valence-electron chi connectivity index (χ0n) is 24.3. The Balaban J connectivity index is 1.85. The molecule has 0 radical (unpaired) electrons. The maximum atomic E-state index is 14.5. The number of nitrogens with one attached hydrogen (secondary N) is 1. The molecule has 0 fully saturated rings. The molecule has 4 aromatic rings. The smallest absolute Gasteiger partial charge is 0.264 e. The normalized spacial score (nSPS) is 11.8. The first-order valence-corrected chi connectivity index (χ1v) is 16.1. The van der Waals surface area contributed by atoms with E-state index >= 15 is 0 Å². The number of sulfonamides is 1. The van der Waals surface area contributed by atoms with E-state index in [4.69, 9.17) is 27.9 Å². The van der Waals surface area contributed by atoms with Gasteiger partial charge >= 0.3 is 0 Å². The van der Waals surface area contributed by atoms with Crippen molar-refractivity contribution in [1.82, 2.24) is 10.2 Å². The highest BCUT2D eigenvalue weighted by Crippen LogP contribution is 2.33. The lowest BCUT2D eigenvalue weighted by molar-refractivity contribution is -0.139. The van der Waals surface area contributed by atoms with E-state index in [2.05, 4.69) is 5.32 Å². The third-order valence-corrected chi connectivity index (χ3v) is 9.43. The van der Waals surface area contributed by atoms with Gasteiger partial charge in [0.2, 0.25) is 11.8 Å². The highest BCUT2D eigenvalue weighted by molar-refractivity contribution is 7.92. The molecule has 0 aliphatic heterocycles. The van der Waals surface area contributed by atoms with Crippen molar-refractivity contribution in [3.8, 4) is 5.75 Å². The van der Waals surface area contributed by atoms with E-state index < -0.39 is 34.4 Å². The Morgan fingerprint density at radius 3 is 2.05 bits per heavy atom. The van der Waals surface area contributed by atoms with Crippen LogP contribution in [0.25, 0.3) is 0 Å². The van der Waals surface area contributed by atoms with Gasteiger partial charge in [0.15, 0.2) is 0 Å². The molecule has 8 nitrogen and oxygen atoms in total. The number of hydrogen-bond acceptors (Lipinski definition) is 5. The predicted molar refractivity (Wildman–Crippen MR) is 174 cm³/mol. The molecule has 0 saturated carbocycles. The lowest BCUT2D eigenvalue weighted by Gasteiger charge is -2.34. The molecule has 1 atom stereocenters. The lowest BCUT2D eigenvalue weighted by atomic mass is 10.0. The highest BCUT2D eigenvalue weighted by atomic mass is 35.5. The fourth-order valence-corrected chi connectivity index (χ4v) is 6.71. The number of benzene rings is 4. The van der Waals surface area contributed by atoms with Crippen LogP contribution >= 0.6 is 23.2 Å². The van der Waals surface area contributed by atoms with Crippen molar-refractivity contribution in [1.29, 1.82) is 0 Å². The van der Waals surface area contributed by atoms with E-state index in [1.54, 1.807) is 67.6 Å². The van der Waals surface area contributed by atoms with Gasteiger partial charge in [-0.15, -0.1) is 0 Å². The molecule has 11 heteroatoms. The van der Waals surface area contributed by atoms with Gasteiger partial charge < -0.3 is 15.0 Å². The van der Waals surface area contributed by atoms with Crippen molar-refractivity contribution in [2.75, 3.05) is 24.5 Å². The first kappa shape index (κ1) is 32.9. The van der Waals surface area contributed by atoms with Crippen LogP contribution in [0.2, 0.25) is 10.0 Å². The first-order valence-electron chi connectivity index (χ1n) is 13.9. The Bertz CT molecular complexity index is 1670. The number of rotatable bonds is 13. The first-order chi connectivity index (χ1) is 21.2. The number of ether oxygens (including phenoxy) is 1. The topological polar surface area (TPSA) is 96.0 Å². The summed E-state index contributed by atoms with van der Waals surface area (Å²) >= 11 is 13.0. The zero-order chi connectivity index (χ0) is 31.7. The summed E-state index contributed by atoms with van der Waals surface area (Å²) in [4.78, 5) is 29.2. The summed E-state index contributed by atoms with van der Waals surface area (Å²) in [6.07, 6.45) is 0.162. The molecule has 0 aliphatic carbocycles. The van der Waals surface area contributed by atoms with Gasteiger partial charge in [-0.1, -0.05) is 89.9 Å². The number of carbonyl (C=O) groups excluding carboxylic acids is 2. The van der Waals surface area contributed by atoms with Crippen LogP contribution in [0.4, 0.5) is 5.69 Å². The third-order valence-electron chi connectivity index (χ3n) is 6.95. The average molecular weight is 655 g/mol. The van der Waals surface area contributed by atoms with Gasteiger partial charge in [0.05, 0.1) is 17.2 Å². The number of hydrogen-bond donors (Lipinski definition) is 1. The van der Waals surface area contributed by atoms with E-state index in [-0.39, 0.29) is 35.9 Å². The maximum Gasteiger partial charge on any atom is 0.264 e. The summed E-state index contributed by atoms with van der Waals surface area (Å²) in [5.74, 6) is -0.788. The largest absolute Gasteiger partial charge is 0.492 e. The van der Waals surface area contributed by atoms with Crippen molar-refractivity contribution in [2.45, 2.75) is 30.8 Å². The molecule has 2 amide bonds. The number of likely N-dealkylation sites (N-methyl/N-ethyl adjacent to an activating group) is 1. The third kappa shape index (κ3) is 7.72. The van der Waals surface area contributed by atoms with Gasteiger partial charge in [-0.3, -0.25) is 13.9 Å². The van der Waals surface area contributed by atoms with Crippen LogP contribution in [0.3, 0.4) is 0 Å². The Morgan fingerprint density at radius 2 is 1.43 bits per heavy atom. The van der Waals surface area contributed by atoms with Crippen LogP contribution in [0.5, 0.6) is 5.75 Å². The van der Waals surface area contributed by atoms with E-state index in [1.807, 2.05) is 30.3 Å². The standard InChI is InChI=1S/C33H33Cl2N3O5S/c1-3-43-31-20-11-10-19-29(31)38(44(41,42)25-15-8-5-9-16-25)23-32(39)37(22-26-27(34)17-12-18-28(26)35)30(33(40)36-2)21-24-13-6-4-7-14-24/h4-20,30H,3,21-23H2,1-2H3,(H,36,40)/t30-/m0/s1. The molecule has 230 valence electrons. The van der Waals surface area contributed by atoms with Crippen LogP contribution < -0.4 is 14.4 Å². The fraction of sp³-hybridized carbons (Fsp3) is 0.212. The monoisotopic (exact) mass is 653 g/mol. The van der Waals surface area contributed by atoms with E-state index in [1.165, 1.54) is 24.1 Å². The van der Waals surface area contributed by atoms with E-state index in [0.717, 1.165) is 9.87 Å². The second-order valence-electron chi connectivity index (χ2n) is 9.77. The molecule has 44 heavy (non-hydrogen) atoms. The van der Waals surface area contributed by atoms with Crippen LogP contribution in [0.15, 0.2) is 108 Å². The van der Waals surface area contributed by atoms with Gasteiger partial charge in [-0.05, 0) is 48.9 Å². The molecule has 0 spiro atoms. The summed E-state index contributed by atoms with van der Waals surface area (Å²) < 4.78 is 35.1. The van der Waals surface area contributed by atoms with Gasteiger partial charge in [0, 0.05) is 35.6 Å². The molecule has 0 aliphatic rings. The number of halogens is 2. The number of anilines is 1. The second kappa shape index (κ2) is 15.1. The number of para-hydroxylation sites is 2. The summed E-state index contributed by atoms with van der Waals surface area (Å²) in [5.41, 5.74) is 1.42. The fourth-order valence-electron chi connectivity index (χ4n) is 4.75. The molecule has 0 unspecified atom stereocenters. The Morgan fingerprint density at radius 1 is 0.841 bits per heavy atom. The van der Waals surface area contributed by atoms with Crippen molar-refractivity contribution >= 4 is 50.7 Å². The molecule has 0 aromatic heterocycles. The molecule has 0 bridgehead atoms. The van der Waals surface area contributed by atoms with Crippen molar-refractivity contribution in [3.63, 3.8) is 0 Å². The highest BCUT2D eigenvalue weighted by Gasteiger charge is 2.35. The molecular weight excluding hydrogens is 621 g/mol. The van der Waals surface area contributed by atoms with Crippen LogP contribution in [0, 0.1) is 0 Å². The summed E-state index contributed by atoms with van der Waals surface area (Å²) in [6, 6.07) is 27.6. The lowest BCUT2D eigenvalue weighted by Crippen LogP contribution is -2.53. The Labute approximate surface area is 268 Å². The van der Waals surface area contributed by atoms with Gasteiger partial charge in [-0.2, -0.15) is 0 Å². The molecule has 0 saturated heterocycles. The van der Waals surface area contributed by atoms with Crippen molar-refractivity contribution < 1.29 is 22.7 Å². The van der Waals surface area contributed by atoms with E-state index in [0.29, 0.717) is 15.6 Å². The van der Waals surface area contributed by atoms with Gasteiger partial charge in [0.25, 0.3) is 10.0 Å². The zero-order valence-corrected chi connectivity index (χ0v) is 26.6. The van der Waals surface area contributed by atoms with Crippen LogP contribution in [-0.2, 0) is 32.6 Å². The van der Waals surface area contributed by atoms with Gasteiger partial charge in [-0.25, -0.2) is 8.42 Å². The van der Waals surface area contributed by atoms with Crippen molar-refractivity contribution in [3.05, 3.63) is 124 Å². The number of amides is 2. The molecular formula is C33H33Cl2N3O5S. The number of carbonyl (C=O) groups is 2. The number of nitrogens with zero attached hydrogens (tertiary/aromatic N) is 2.